The van der Waals surface area contributed by atoms with Gasteiger partial charge in [-0.2, -0.15) is 5.26 Å². The van der Waals surface area contributed by atoms with Crippen LogP contribution < -0.4 is 0 Å². The van der Waals surface area contributed by atoms with Gasteiger partial charge in [-0.15, -0.1) is 0 Å². The van der Waals surface area contributed by atoms with E-state index in [4.69, 9.17) is 16.9 Å². The maximum atomic E-state index is 9.11. The number of pyridine rings is 1. The molecule has 0 aliphatic heterocycles. The van der Waals surface area contributed by atoms with Crippen LogP contribution in [0.15, 0.2) is 42.6 Å². The summed E-state index contributed by atoms with van der Waals surface area (Å²) in [6.45, 7) is 0. The standard InChI is InChI=1S/C13H7ClN4/c14-13-17-10-5-1-2-6-11(10)18(13)12-9(8-15)4-3-7-16-12/h1-7H. The Labute approximate surface area is 108 Å². The summed E-state index contributed by atoms with van der Waals surface area (Å²) in [5.74, 6) is 0.499. The summed E-state index contributed by atoms with van der Waals surface area (Å²) < 4.78 is 1.68. The van der Waals surface area contributed by atoms with Crippen molar-refractivity contribution in [3.8, 4) is 11.9 Å². The minimum Gasteiger partial charge on any atom is -0.266 e. The first-order valence-electron chi connectivity index (χ1n) is 5.30. The molecule has 0 saturated carbocycles. The molecule has 5 heteroatoms. The molecule has 0 N–H and O–H groups in total. The molecule has 18 heavy (non-hydrogen) atoms. The Morgan fingerprint density at radius 2 is 2.00 bits per heavy atom. The summed E-state index contributed by atoms with van der Waals surface area (Å²) in [5.41, 5.74) is 2.07. The molecule has 3 rings (SSSR count). The minimum atomic E-state index is 0.298. The number of para-hydroxylation sites is 2. The van der Waals surface area contributed by atoms with E-state index in [1.807, 2.05) is 24.3 Å². The lowest BCUT2D eigenvalue weighted by atomic mass is 10.2. The van der Waals surface area contributed by atoms with E-state index in [2.05, 4.69) is 16.0 Å². The summed E-state index contributed by atoms with van der Waals surface area (Å²) >= 11 is 6.13. The summed E-state index contributed by atoms with van der Waals surface area (Å²) in [6, 6.07) is 13.1. The van der Waals surface area contributed by atoms with E-state index in [1.165, 1.54) is 0 Å². The van der Waals surface area contributed by atoms with Crippen LogP contribution in [-0.4, -0.2) is 14.5 Å². The first-order valence-corrected chi connectivity index (χ1v) is 5.67. The predicted octanol–water partition coefficient (Wildman–Crippen LogP) is 2.95. The lowest BCUT2D eigenvalue weighted by Gasteiger charge is -2.05. The van der Waals surface area contributed by atoms with Crippen LogP contribution in [-0.2, 0) is 0 Å². The smallest absolute Gasteiger partial charge is 0.209 e. The Balaban J connectivity index is 2.39. The van der Waals surface area contributed by atoms with Crippen molar-refractivity contribution in [3.05, 3.63) is 53.4 Å². The van der Waals surface area contributed by atoms with Crippen LogP contribution in [0.1, 0.15) is 5.56 Å². The van der Waals surface area contributed by atoms with Gasteiger partial charge in [-0.25, -0.2) is 9.97 Å². The predicted molar refractivity (Wildman–Crippen MR) is 68.6 cm³/mol. The van der Waals surface area contributed by atoms with E-state index in [0.717, 1.165) is 11.0 Å². The summed E-state index contributed by atoms with van der Waals surface area (Å²) in [4.78, 5) is 8.46. The van der Waals surface area contributed by atoms with Crippen LogP contribution in [0.2, 0.25) is 5.28 Å². The highest BCUT2D eigenvalue weighted by molar-refractivity contribution is 6.29. The maximum absolute atomic E-state index is 9.11. The van der Waals surface area contributed by atoms with Crippen LogP contribution >= 0.6 is 11.6 Å². The summed E-state index contributed by atoms with van der Waals surface area (Å²) in [6.07, 6.45) is 1.63. The van der Waals surface area contributed by atoms with Crippen LogP contribution in [0.5, 0.6) is 0 Å². The Morgan fingerprint density at radius 1 is 1.17 bits per heavy atom. The van der Waals surface area contributed by atoms with Gasteiger partial charge in [-0.05, 0) is 35.9 Å². The molecule has 2 heterocycles. The normalized spacial score (nSPS) is 10.4. The molecule has 0 fully saturated rings. The fourth-order valence-electron chi connectivity index (χ4n) is 1.86. The van der Waals surface area contributed by atoms with Crippen LogP contribution in [0.3, 0.4) is 0 Å². The number of nitrogens with zero attached hydrogens (tertiary/aromatic N) is 4. The highest BCUT2D eigenvalue weighted by atomic mass is 35.5. The molecular formula is C13H7ClN4. The zero-order valence-electron chi connectivity index (χ0n) is 9.21. The SMILES string of the molecule is N#Cc1cccnc1-n1c(Cl)nc2ccccc21. The van der Waals surface area contributed by atoms with Crippen LogP contribution in [0.4, 0.5) is 0 Å². The average molecular weight is 255 g/mol. The Morgan fingerprint density at radius 3 is 2.83 bits per heavy atom. The number of hydrogen-bond acceptors (Lipinski definition) is 3. The molecule has 0 saturated heterocycles. The highest BCUT2D eigenvalue weighted by Gasteiger charge is 2.13. The molecule has 0 spiro atoms. The lowest BCUT2D eigenvalue weighted by Crippen LogP contribution is -2.00. The van der Waals surface area contributed by atoms with Gasteiger partial charge in [-0.1, -0.05) is 12.1 Å². The average Bonchev–Trinajstić information content (AvgIpc) is 2.74. The highest BCUT2D eigenvalue weighted by Crippen LogP contribution is 2.24. The second-order valence-electron chi connectivity index (χ2n) is 3.69. The Hall–Kier alpha value is -2.38. The third-order valence-electron chi connectivity index (χ3n) is 2.64. The quantitative estimate of drug-likeness (QED) is 0.671. The fourth-order valence-corrected chi connectivity index (χ4v) is 2.12. The van der Waals surface area contributed by atoms with E-state index in [-0.39, 0.29) is 0 Å². The van der Waals surface area contributed by atoms with E-state index >= 15 is 0 Å². The monoisotopic (exact) mass is 254 g/mol. The first kappa shape index (κ1) is 10.8. The van der Waals surface area contributed by atoms with Crippen molar-refractivity contribution < 1.29 is 0 Å². The van der Waals surface area contributed by atoms with Crippen molar-refractivity contribution in [1.82, 2.24) is 14.5 Å². The molecule has 0 amide bonds. The van der Waals surface area contributed by atoms with E-state index < -0.39 is 0 Å². The molecule has 3 aromatic rings. The number of fused-ring (bicyclic) bond motifs is 1. The van der Waals surface area contributed by atoms with E-state index in [9.17, 15) is 0 Å². The van der Waals surface area contributed by atoms with Gasteiger partial charge >= 0.3 is 0 Å². The van der Waals surface area contributed by atoms with Crippen molar-refractivity contribution in [2.24, 2.45) is 0 Å². The second kappa shape index (κ2) is 4.13. The number of hydrogen-bond donors (Lipinski definition) is 0. The topological polar surface area (TPSA) is 54.5 Å². The zero-order valence-corrected chi connectivity index (χ0v) is 9.96. The largest absolute Gasteiger partial charge is 0.266 e. The van der Waals surface area contributed by atoms with Gasteiger partial charge in [0, 0.05) is 6.20 Å². The molecule has 0 aliphatic carbocycles. The number of nitriles is 1. The molecule has 1 aromatic carbocycles. The van der Waals surface area contributed by atoms with Gasteiger partial charge in [-0.3, -0.25) is 4.57 Å². The van der Waals surface area contributed by atoms with Crippen LogP contribution in [0, 0.1) is 11.3 Å². The number of imidazole rings is 1. The van der Waals surface area contributed by atoms with Crippen molar-refractivity contribution in [1.29, 1.82) is 5.26 Å². The zero-order chi connectivity index (χ0) is 12.5. The molecule has 0 bridgehead atoms. The summed E-state index contributed by atoms with van der Waals surface area (Å²) in [5, 5.41) is 9.41. The molecule has 86 valence electrons. The van der Waals surface area contributed by atoms with Crippen molar-refractivity contribution in [3.63, 3.8) is 0 Å². The van der Waals surface area contributed by atoms with Gasteiger partial charge in [0.05, 0.1) is 16.6 Å². The van der Waals surface area contributed by atoms with Gasteiger partial charge in [0.15, 0.2) is 5.82 Å². The van der Waals surface area contributed by atoms with Gasteiger partial charge in [0.1, 0.15) is 6.07 Å². The first-order chi connectivity index (χ1) is 8.81. The lowest BCUT2D eigenvalue weighted by molar-refractivity contribution is 1.01. The number of aromatic nitrogens is 3. The van der Waals surface area contributed by atoms with Gasteiger partial charge in [0.2, 0.25) is 5.28 Å². The molecular weight excluding hydrogens is 248 g/mol. The van der Waals surface area contributed by atoms with Gasteiger partial charge < -0.3 is 0 Å². The third-order valence-corrected chi connectivity index (χ3v) is 2.89. The number of halogens is 1. The van der Waals surface area contributed by atoms with Crippen molar-refractivity contribution >= 4 is 22.6 Å². The number of benzene rings is 1. The number of rotatable bonds is 1. The summed E-state index contributed by atoms with van der Waals surface area (Å²) in [7, 11) is 0. The van der Waals surface area contributed by atoms with Crippen LogP contribution in [0.25, 0.3) is 16.9 Å². The van der Waals surface area contributed by atoms with Crippen molar-refractivity contribution in [2.75, 3.05) is 0 Å². The van der Waals surface area contributed by atoms with E-state index in [1.54, 1.807) is 22.9 Å². The molecule has 0 radical (unpaired) electrons. The second-order valence-corrected chi connectivity index (χ2v) is 4.03. The molecule has 0 unspecified atom stereocenters. The third kappa shape index (κ3) is 1.53. The molecule has 0 aliphatic rings. The molecule has 4 nitrogen and oxygen atoms in total. The minimum absolute atomic E-state index is 0.298. The Bertz CT molecular complexity index is 770. The fraction of sp³-hybridized carbons (Fsp3) is 0. The Kier molecular flexibility index (Phi) is 2.47. The van der Waals surface area contributed by atoms with E-state index in [0.29, 0.717) is 16.7 Å². The molecule has 0 atom stereocenters. The maximum Gasteiger partial charge on any atom is 0.209 e. The molecule has 2 aromatic heterocycles. The van der Waals surface area contributed by atoms with Crippen molar-refractivity contribution in [2.45, 2.75) is 0 Å². The van der Waals surface area contributed by atoms with Gasteiger partial charge in [0.25, 0.3) is 0 Å².